The van der Waals surface area contributed by atoms with Crippen LogP contribution in [0.2, 0.25) is 0 Å². The first-order valence-electron chi connectivity index (χ1n) is 7.20. The molecule has 1 fully saturated rings. The monoisotopic (exact) mass is 291 g/mol. The van der Waals surface area contributed by atoms with Crippen LogP contribution >= 0.6 is 0 Å². The molecule has 1 aromatic rings. The van der Waals surface area contributed by atoms with E-state index in [9.17, 15) is 14.7 Å². The molecule has 0 bridgehead atoms. The lowest BCUT2D eigenvalue weighted by molar-refractivity contribution is -0.151. The minimum Gasteiger partial charge on any atom is -0.479 e. The van der Waals surface area contributed by atoms with Crippen LogP contribution in [0.4, 0.5) is 4.79 Å². The van der Waals surface area contributed by atoms with E-state index in [1.54, 1.807) is 6.92 Å². The number of hydrogen-bond donors (Lipinski definition) is 1. The van der Waals surface area contributed by atoms with Crippen LogP contribution in [0.3, 0.4) is 0 Å². The zero-order chi connectivity index (χ0) is 15.5. The van der Waals surface area contributed by atoms with E-state index in [2.05, 4.69) is 0 Å². The lowest BCUT2D eigenvalue weighted by Crippen LogP contribution is -2.56. The molecule has 1 atom stereocenters. The van der Waals surface area contributed by atoms with Crippen LogP contribution in [0.15, 0.2) is 30.3 Å². The van der Waals surface area contributed by atoms with E-state index in [1.165, 1.54) is 11.9 Å². The van der Waals surface area contributed by atoms with Crippen molar-refractivity contribution in [3.8, 4) is 0 Å². The number of amides is 1. The lowest BCUT2D eigenvalue weighted by Gasteiger charge is -2.37. The fourth-order valence-corrected chi connectivity index (χ4v) is 2.81. The predicted octanol–water partition coefficient (Wildman–Crippen LogP) is 2.90. The van der Waals surface area contributed by atoms with Crippen molar-refractivity contribution in [3.05, 3.63) is 35.9 Å². The maximum Gasteiger partial charge on any atom is 0.410 e. The Kier molecular flexibility index (Phi) is 4.50. The first-order chi connectivity index (χ1) is 10.0. The Bertz CT molecular complexity index is 512. The Balaban J connectivity index is 2.05. The van der Waals surface area contributed by atoms with Crippen LogP contribution in [0.5, 0.6) is 0 Å². The smallest absolute Gasteiger partial charge is 0.410 e. The molecule has 21 heavy (non-hydrogen) atoms. The Morgan fingerprint density at radius 1 is 1.33 bits per heavy atom. The highest BCUT2D eigenvalue weighted by Gasteiger charge is 2.54. The Labute approximate surface area is 124 Å². The van der Waals surface area contributed by atoms with Crippen molar-refractivity contribution in [1.29, 1.82) is 0 Å². The maximum atomic E-state index is 12.2. The minimum atomic E-state index is -1.15. The summed E-state index contributed by atoms with van der Waals surface area (Å²) in [5, 5.41) is 9.59. The Morgan fingerprint density at radius 3 is 2.43 bits per heavy atom. The summed E-state index contributed by atoms with van der Waals surface area (Å²) in [4.78, 5) is 25.2. The summed E-state index contributed by atoms with van der Waals surface area (Å²) < 4.78 is 5.25. The van der Waals surface area contributed by atoms with Gasteiger partial charge in [0.25, 0.3) is 0 Å². The number of benzene rings is 1. The SMILES string of the molecule is CCC(C(=O)O)(C1CC1)N(C)C(=O)OCc1ccccc1. The molecule has 0 aliphatic heterocycles. The molecule has 1 saturated carbocycles. The number of hydrogen-bond acceptors (Lipinski definition) is 3. The van der Waals surface area contributed by atoms with Crippen LogP contribution in [-0.2, 0) is 16.1 Å². The fraction of sp³-hybridized carbons (Fsp3) is 0.500. The molecule has 1 amide bonds. The number of likely N-dealkylation sites (N-methyl/N-ethyl adjacent to an activating group) is 1. The van der Waals surface area contributed by atoms with Gasteiger partial charge in [-0.05, 0) is 30.7 Å². The zero-order valence-corrected chi connectivity index (χ0v) is 12.4. The molecule has 114 valence electrons. The Morgan fingerprint density at radius 2 is 1.95 bits per heavy atom. The van der Waals surface area contributed by atoms with Crippen molar-refractivity contribution in [1.82, 2.24) is 4.90 Å². The summed E-state index contributed by atoms with van der Waals surface area (Å²) in [6.07, 6.45) is 1.48. The van der Waals surface area contributed by atoms with E-state index in [0.29, 0.717) is 6.42 Å². The summed E-state index contributed by atoms with van der Waals surface area (Å²) in [7, 11) is 1.52. The molecular formula is C16H21NO4. The van der Waals surface area contributed by atoms with Crippen LogP contribution < -0.4 is 0 Å². The topological polar surface area (TPSA) is 66.8 Å². The number of carbonyl (C=O) groups is 2. The van der Waals surface area contributed by atoms with E-state index in [1.807, 2.05) is 30.3 Å². The standard InChI is InChI=1S/C16H21NO4/c1-3-16(14(18)19,13-9-10-13)17(2)15(20)21-11-12-7-5-4-6-8-12/h4-8,13H,3,9-11H2,1-2H3,(H,18,19). The number of rotatable bonds is 6. The molecule has 5 heteroatoms. The van der Waals surface area contributed by atoms with Crippen molar-refractivity contribution < 1.29 is 19.4 Å². The largest absolute Gasteiger partial charge is 0.479 e. The molecule has 0 spiro atoms. The van der Waals surface area contributed by atoms with E-state index in [0.717, 1.165) is 18.4 Å². The summed E-state index contributed by atoms with van der Waals surface area (Å²) in [6, 6.07) is 9.34. The molecule has 2 rings (SSSR count). The van der Waals surface area contributed by atoms with Gasteiger partial charge in [0, 0.05) is 7.05 Å². The molecule has 1 aliphatic carbocycles. The second-order valence-corrected chi connectivity index (χ2v) is 5.46. The van der Waals surface area contributed by atoms with Gasteiger partial charge in [-0.25, -0.2) is 9.59 Å². The Hall–Kier alpha value is -2.04. The fourth-order valence-electron chi connectivity index (χ4n) is 2.81. The third-order valence-corrected chi connectivity index (χ3v) is 4.24. The number of aliphatic carboxylic acids is 1. The molecule has 1 aromatic carbocycles. The van der Waals surface area contributed by atoms with Gasteiger partial charge in [0.05, 0.1) is 0 Å². The predicted molar refractivity (Wildman–Crippen MR) is 77.8 cm³/mol. The number of carboxylic acid groups (broad SMARTS) is 1. The lowest BCUT2D eigenvalue weighted by atomic mass is 9.88. The first-order valence-corrected chi connectivity index (χ1v) is 7.20. The second-order valence-electron chi connectivity index (χ2n) is 5.46. The van der Waals surface area contributed by atoms with Crippen molar-refractivity contribution >= 4 is 12.1 Å². The summed E-state index contributed by atoms with van der Waals surface area (Å²) >= 11 is 0. The molecular weight excluding hydrogens is 270 g/mol. The number of carboxylic acids is 1. The van der Waals surface area contributed by atoms with Gasteiger partial charge >= 0.3 is 12.1 Å². The molecule has 1 N–H and O–H groups in total. The summed E-state index contributed by atoms with van der Waals surface area (Å²) in [6.45, 7) is 1.95. The molecule has 5 nitrogen and oxygen atoms in total. The highest BCUT2D eigenvalue weighted by molar-refractivity contribution is 5.85. The normalized spacial score (nSPS) is 16.9. The number of nitrogens with zero attached hydrogens (tertiary/aromatic N) is 1. The van der Waals surface area contributed by atoms with E-state index >= 15 is 0 Å². The van der Waals surface area contributed by atoms with Crippen LogP contribution in [0.1, 0.15) is 31.7 Å². The zero-order valence-electron chi connectivity index (χ0n) is 12.4. The van der Waals surface area contributed by atoms with Crippen molar-refractivity contribution in [2.45, 2.75) is 38.3 Å². The third-order valence-electron chi connectivity index (χ3n) is 4.24. The van der Waals surface area contributed by atoms with Crippen molar-refractivity contribution in [2.24, 2.45) is 5.92 Å². The van der Waals surface area contributed by atoms with E-state index in [-0.39, 0.29) is 12.5 Å². The molecule has 0 saturated heterocycles. The first kappa shape index (κ1) is 15.4. The molecule has 0 radical (unpaired) electrons. The molecule has 1 unspecified atom stereocenters. The number of ether oxygens (including phenoxy) is 1. The van der Waals surface area contributed by atoms with Gasteiger partial charge < -0.3 is 9.84 Å². The summed E-state index contributed by atoms with van der Waals surface area (Å²) in [5.41, 5.74) is -0.267. The second kappa shape index (κ2) is 6.16. The molecule has 0 heterocycles. The third kappa shape index (κ3) is 3.01. The van der Waals surface area contributed by atoms with Crippen LogP contribution in [0.25, 0.3) is 0 Å². The maximum absolute atomic E-state index is 12.2. The van der Waals surface area contributed by atoms with Crippen LogP contribution in [0, 0.1) is 5.92 Å². The average Bonchev–Trinajstić information content (AvgIpc) is 3.32. The minimum absolute atomic E-state index is 0.0225. The number of carbonyl (C=O) groups excluding carboxylic acids is 1. The van der Waals surface area contributed by atoms with E-state index < -0.39 is 17.6 Å². The average molecular weight is 291 g/mol. The van der Waals surface area contributed by atoms with Crippen molar-refractivity contribution in [3.63, 3.8) is 0 Å². The van der Waals surface area contributed by atoms with Gasteiger partial charge in [0.1, 0.15) is 12.1 Å². The van der Waals surface area contributed by atoms with Gasteiger partial charge in [-0.15, -0.1) is 0 Å². The summed E-state index contributed by atoms with van der Waals surface area (Å²) in [5.74, 6) is -0.930. The highest BCUT2D eigenvalue weighted by atomic mass is 16.6. The van der Waals surface area contributed by atoms with Crippen LogP contribution in [-0.4, -0.2) is 34.7 Å². The van der Waals surface area contributed by atoms with Gasteiger partial charge in [-0.3, -0.25) is 4.90 Å². The van der Waals surface area contributed by atoms with Crippen molar-refractivity contribution in [2.75, 3.05) is 7.05 Å². The van der Waals surface area contributed by atoms with Gasteiger partial charge in [0.15, 0.2) is 0 Å². The van der Waals surface area contributed by atoms with Gasteiger partial charge in [0.2, 0.25) is 0 Å². The molecule has 1 aliphatic rings. The highest BCUT2D eigenvalue weighted by Crippen LogP contribution is 2.45. The van der Waals surface area contributed by atoms with E-state index in [4.69, 9.17) is 4.74 Å². The quantitative estimate of drug-likeness (QED) is 0.875. The van der Waals surface area contributed by atoms with Gasteiger partial charge in [-0.2, -0.15) is 0 Å². The van der Waals surface area contributed by atoms with Gasteiger partial charge in [-0.1, -0.05) is 37.3 Å². The molecule has 0 aromatic heterocycles.